The molecule has 1 aromatic heterocycles. The molecule has 0 saturated carbocycles. The van der Waals surface area contributed by atoms with Crippen LogP contribution in [0.2, 0.25) is 0 Å². The molecular weight excluding hydrogens is 274 g/mol. The van der Waals surface area contributed by atoms with E-state index in [0.29, 0.717) is 6.54 Å². The van der Waals surface area contributed by atoms with E-state index in [4.69, 9.17) is 0 Å². The molecule has 0 spiro atoms. The van der Waals surface area contributed by atoms with E-state index in [1.807, 2.05) is 18.9 Å². The van der Waals surface area contributed by atoms with Gasteiger partial charge in [0.05, 0.1) is 11.5 Å². The van der Waals surface area contributed by atoms with Gasteiger partial charge in [0, 0.05) is 20.1 Å². The number of nitrogens with zero attached hydrogens (tertiary/aromatic N) is 3. The number of ketones is 1. The molecule has 7 heteroatoms. The predicted octanol–water partition coefficient (Wildman–Crippen LogP) is -0.668. The highest BCUT2D eigenvalue weighted by Gasteiger charge is 2.38. The molecular formula is C14H19N3O4. The third kappa shape index (κ3) is 2.23. The first-order valence-corrected chi connectivity index (χ1v) is 6.72. The Kier molecular flexibility index (Phi) is 3.87. The van der Waals surface area contributed by atoms with Gasteiger partial charge in [-0.05, 0) is 19.7 Å². The maximum atomic E-state index is 12.3. The topological polar surface area (TPSA) is 84.5 Å². The van der Waals surface area contributed by atoms with E-state index in [1.54, 1.807) is 6.08 Å². The Bertz CT molecular complexity index is 729. The monoisotopic (exact) mass is 293 g/mol. The highest BCUT2D eigenvalue weighted by atomic mass is 16.3. The zero-order chi connectivity index (χ0) is 15.9. The van der Waals surface area contributed by atoms with Gasteiger partial charge in [-0.1, -0.05) is 13.0 Å². The van der Waals surface area contributed by atoms with Crippen LogP contribution in [0, 0.1) is 0 Å². The average Bonchev–Trinajstić information content (AvgIpc) is 2.84. The number of likely N-dealkylation sites (N-methyl/N-ethyl adjacent to an activating group) is 1. The second-order valence-corrected chi connectivity index (χ2v) is 5.25. The molecule has 1 aliphatic rings. The number of aromatic hydroxyl groups is 1. The first kappa shape index (κ1) is 15.2. The van der Waals surface area contributed by atoms with Gasteiger partial charge in [0.1, 0.15) is 0 Å². The minimum Gasteiger partial charge on any atom is -0.494 e. The lowest BCUT2D eigenvalue weighted by atomic mass is 9.93. The number of carbonyl (C=O) groups is 1. The quantitative estimate of drug-likeness (QED) is 0.799. The molecule has 0 fully saturated rings. The number of rotatable bonds is 3. The average molecular weight is 293 g/mol. The number of carbonyl (C=O) groups excluding carboxylic acids is 1. The number of hydrogen-bond donors (Lipinski definition) is 1. The van der Waals surface area contributed by atoms with Gasteiger partial charge in [-0.25, -0.2) is 4.79 Å². The largest absolute Gasteiger partial charge is 0.494 e. The minimum atomic E-state index is -0.791. The Balaban J connectivity index is 2.69. The van der Waals surface area contributed by atoms with Crippen LogP contribution in [0.15, 0.2) is 21.7 Å². The Morgan fingerprint density at radius 1 is 1.24 bits per heavy atom. The molecule has 0 aliphatic heterocycles. The molecule has 0 unspecified atom stereocenters. The maximum absolute atomic E-state index is 12.3. The van der Waals surface area contributed by atoms with E-state index in [9.17, 15) is 19.5 Å². The summed E-state index contributed by atoms with van der Waals surface area (Å²) >= 11 is 0. The molecule has 0 saturated heterocycles. The SMILES string of the molecule is CCN(C)[C@@H]1C=CC(=O)[C@H]1c1c(O)n(C)c(=O)n(C)c1=O. The Labute approximate surface area is 121 Å². The van der Waals surface area contributed by atoms with Gasteiger partial charge >= 0.3 is 5.69 Å². The lowest BCUT2D eigenvalue weighted by Gasteiger charge is -2.27. The van der Waals surface area contributed by atoms with Gasteiger partial charge in [-0.15, -0.1) is 0 Å². The lowest BCUT2D eigenvalue weighted by molar-refractivity contribution is -0.116. The van der Waals surface area contributed by atoms with Gasteiger partial charge in [0.2, 0.25) is 5.88 Å². The van der Waals surface area contributed by atoms with Crippen LogP contribution >= 0.6 is 0 Å². The first-order valence-electron chi connectivity index (χ1n) is 6.72. The molecule has 2 rings (SSSR count). The van der Waals surface area contributed by atoms with Crippen LogP contribution in [0.4, 0.5) is 0 Å². The lowest BCUT2D eigenvalue weighted by Crippen LogP contribution is -2.43. The van der Waals surface area contributed by atoms with E-state index in [2.05, 4.69) is 0 Å². The molecule has 0 aromatic carbocycles. The number of aromatic nitrogens is 2. The summed E-state index contributed by atoms with van der Waals surface area (Å²) in [5.74, 6) is -1.48. The van der Waals surface area contributed by atoms with Crippen LogP contribution in [-0.4, -0.2) is 44.6 Å². The molecule has 7 nitrogen and oxygen atoms in total. The third-order valence-electron chi connectivity index (χ3n) is 4.09. The van der Waals surface area contributed by atoms with Crippen molar-refractivity contribution in [3.05, 3.63) is 38.6 Å². The van der Waals surface area contributed by atoms with E-state index in [0.717, 1.165) is 9.13 Å². The van der Waals surface area contributed by atoms with Crippen molar-refractivity contribution >= 4 is 5.78 Å². The van der Waals surface area contributed by atoms with E-state index < -0.39 is 23.0 Å². The van der Waals surface area contributed by atoms with Crippen molar-refractivity contribution in [3.8, 4) is 5.88 Å². The highest BCUT2D eigenvalue weighted by Crippen LogP contribution is 2.32. The van der Waals surface area contributed by atoms with Crippen molar-refractivity contribution in [1.29, 1.82) is 0 Å². The molecule has 0 bridgehead atoms. The summed E-state index contributed by atoms with van der Waals surface area (Å²) in [7, 11) is 4.54. The second-order valence-electron chi connectivity index (χ2n) is 5.25. The fraction of sp³-hybridized carbons (Fsp3) is 0.500. The second kappa shape index (κ2) is 5.33. The molecule has 1 heterocycles. The van der Waals surface area contributed by atoms with Crippen LogP contribution in [0.25, 0.3) is 0 Å². The van der Waals surface area contributed by atoms with Crippen molar-refractivity contribution in [2.45, 2.75) is 18.9 Å². The number of hydrogen-bond acceptors (Lipinski definition) is 5. The van der Waals surface area contributed by atoms with Crippen LogP contribution < -0.4 is 11.2 Å². The summed E-state index contributed by atoms with van der Waals surface area (Å²) < 4.78 is 1.88. The van der Waals surface area contributed by atoms with E-state index in [1.165, 1.54) is 20.2 Å². The maximum Gasteiger partial charge on any atom is 0.333 e. The summed E-state index contributed by atoms with van der Waals surface area (Å²) in [6.45, 7) is 2.62. The molecule has 1 aromatic rings. The van der Waals surface area contributed by atoms with Gasteiger partial charge in [-0.2, -0.15) is 0 Å². The molecule has 0 amide bonds. The van der Waals surface area contributed by atoms with Crippen LogP contribution in [0.5, 0.6) is 5.88 Å². The summed E-state index contributed by atoms with van der Waals surface area (Å²) in [6, 6.07) is -0.307. The van der Waals surface area contributed by atoms with E-state index >= 15 is 0 Å². The van der Waals surface area contributed by atoms with Gasteiger partial charge < -0.3 is 5.11 Å². The van der Waals surface area contributed by atoms with Crippen LogP contribution in [-0.2, 0) is 18.9 Å². The fourth-order valence-corrected chi connectivity index (χ4v) is 2.63. The van der Waals surface area contributed by atoms with Crippen molar-refractivity contribution in [3.63, 3.8) is 0 Å². The standard InChI is InChI=1S/C14H19N3O4/c1-5-15(2)8-6-7-9(18)10(8)11-12(19)16(3)14(21)17(4)13(11)20/h6-8,10,19H,5H2,1-4H3/t8-,10+/m1/s1. The van der Waals surface area contributed by atoms with Crippen molar-refractivity contribution in [1.82, 2.24) is 14.0 Å². The highest BCUT2D eigenvalue weighted by molar-refractivity contribution is 5.99. The van der Waals surface area contributed by atoms with Crippen molar-refractivity contribution < 1.29 is 9.90 Å². The molecule has 114 valence electrons. The van der Waals surface area contributed by atoms with E-state index in [-0.39, 0.29) is 17.4 Å². The predicted molar refractivity (Wildman–Crippen MR) is 77.6 cm³/mol. The normalized spacial score (nSPS) is 21.5. The first-order chi connectivity index (χ1) is 9.81. The van der Waals surface area contributed by atoms with Gasteiger partial charge in [-0.3, -0.25) is 23.6 Å². The minimum absolute atomic E-state index is 0.0279. The fourth-order valence-electron chi connectivity index (χ4n) is 2.63. The Morgan fingerprint density at radius 3 is 2.43 bits per heavy atom. The zero-order valence-corrected chi connectivity index (χ0v) is 12.5. The summed E-state index contributed by atoms with van der Waals surface area (Å²) in [5, 5.41) is 10.2. The smallest absolute Gasteiger partial charge is 0.333 e. The van der Waals surface area contributed by atoms with Crippen LogP contribution in [0.3, 0.4) is 0 Å². The molecule has 2 atom stereocenters. The number of allylic oxidation sites excluding steroid dienone is 1. The Hall–Kier alpha value is -2.15. The van der Waals surface area contributed by atoms with Crippen molar-refractivity contribution in [2.24, 2.45) is 14.1 Å². The molecule has 21 heavy (non-hydrogen) atoms. The third-order valence-corrected chi connectivity index (χ3v) is 4.09. The van der Waals surface area contributed by atoms with Crippen molar-refractivity contribution in [2.75, 3.05) is 13.6 Å². The molecule has 1 aliphatic carbocycles. The van der Waals surface area contributed by atoms with Crippen LogP contribution in [0.1, 0.15) is 18.4 Å². The molecule has 0 radical (unpaired) electrons. The zero-order valence-electron chi connectivity index (χ0n) is 12.5. The van der Waals surface area contributed by atoms with Gasteiger partial charge in [0.25, 0.3) is 5.56 Å². The summed E-state index contributed by atoms with van der Waals surface area (Å²) in [6.07, 6.45) is 3.14. The molecule has 1 N–H and O–H groups in total. The Morgan fingerprint density at radius 2 is 1.86 bits per heavy atom. The summed E-state index contributed by atoms with van der Waals surface area (Å²) in [4.78, 5) is 38.2. The summed E-state index contributed by atoms with van der Waals surface area (Å²) in [5.41, 5.74) is -1.29. The van der Waals surface area contributed by atoms with Gasteiger partial charge in [0.15, 0.2) is 5.78 Å².